The molecule has 2 heterocycles. The van der Waals surface area contributed by atoms with Crippen molar-refractivity contribution in [2.24, 2.45) is 0 Å². The molecule has 2 aromatic heterocycles. The van der Waals surface area contributed by atoms with Gasteiger partial charge in [0.15, 0.2) is 6.73 Å². The number of hydrogen-bond acceptors (Lipinski definition) is 4. The van der Waals surface area contributed by atoms with Crippen molar-refractivity contribution in [2.45, 2.75) is 53.9 Å². The van der Waals surface area contributed by atoms with E-state index in [1.165, 1.54) is 5.56 Å². The van der Waals surface area contributed by atoms with Gasteiger partial charge < -0.3 is 10.1 Å². The van der Waals surface area contributed by atoms with E-state index in [1.807, 2.05) is 57.6 Å². The Morgan fingerprint density at radius 2 is 1.96 bits per heavy atom. The van der Waals surface area contributed by atoms with E-state index < -0.39 is 0 Å². The maximum Gasteiger partial charge on any atom is 0.272 e. The van der Waals surface area contributed by atoms with Gasteiger partial charge in [0.1, 0.15) is 11.4 Å². The van der Waals surface area contributed by atoms with E-state index in [0.717, 1.165) is 29.1 Å². The Hall–Kier alpha value is -3.09. The molecule has 0 aliphatic rings. The lowest BCUT2D eigenvalue weighted by Crippen LogP contribution is -2.27. The van der Waals surface area contributed by atoms with Crippen LogP contribution in [0.4, 0.5) is 0 Å². The molecule has 28 heavy (non-hydrogen) atoms. The van der Waals surface area contributed by atoms with Gasteiger partial charge in [0.2, 0.25) is 0 Å². The van der Waals surface area contributed by atoms with Gasteiger partial charge >= 0.3 is 0 Å². The third-order valence-corrected chi connectivity index (χ3v) is 4.68. The number of carbonyl (C=O) groups is 1. The molecule has 0 aliphatic heterocycles. The Morgan fingerprint density at radius 1 is 1.18 bits per heavy atom. The van der Waals surface area contributed by atoms with Crippen LogP contribution >= 0.6 is 0 Å². The smallest absolute Gasteiger partial charge is 0.272 e. The molecule has 0 saturated heterocycles. The molecule has 1 unspecified atom stereocenters. The van der Waals surface area contributed by atoms with Gasteiger partial charge in [0.05, 0.1) is 11.7 Å². The molecule has 0 radical (unpaired) electrons. The number of amides is 1. The van der Waals surface area contributed by atoms with E-state index >= 15 is 0 Å². The topological polar surface area (TPSA) is 74.0 Å². The maximum atomic E-state index is 12.5. The SMILES string of the molecule is CCn1cc(C(C)NC(=O)c2ccn(COc3ccc(C)cc3C)n2)c(C)n1. The zero-order valence-electron chi connectivity index (χ0n) is 17.1. The van der Waals surface area contributed by atoms with Gasteiger partial charge in [-0.2, -0.15) is 10.2 Å². The minimum atomic E-state index is -0.221. The van der Waals surface area contributed by atoms with Crippen LogP contribution in [0.15, 0.2) is 36.7 Å². The zero-order valence-corrected chi connectivity index (χ0v) is 17.1. The predicted molar refractivity (Wildman–Crippen MR) is 107 cm³/mol. The number of benzene rings is 1. The van der Waals surface area contributed by atoms with Crippen molar-refractivity contribution < 1.29 is 9.53 Å². The fourth-order valence-electron chi connectivity index (χ4n) is 3.12. The lowest BCUT2D eigenvalue weighted by molar-refractivity contribution is 0.0932. The summed E-state index contributed by atoms with van der Waals surface area (Å²) in [6.07, 6.45) is 3.71. The van der Waals surface area contributed by atoms with Crippen molar-refractivity contribution in [3.8, 4) is 5.75 Å². The molecule has 1 amide bonds. The molecule has 1 atom stereocenters. The lowest BCUT2D eigenvalue weighted by atomic mass is 10.1. The summed E-state index contributed by atoms with van der Waals surface area (Å²) >= 11 is 0. The van der Waals surface area contributed by atoms with Crippen LogP contribution in [-0.4, -0.2) is 25.5 Å². The van der Waals surface area contributed by atoms with Gasteiger partial charge in [-0.05, 0) is 52.3 Å². The molecule has 3 rings (SSSR count). The molecular formula is C21H27N5O2. The first-order chi connectivity index (χ1) is 13.4. The number of nitrogens with zero attached hydrogens (tertiary/aromatic N) is 4. The molecule has 0 fully saturated rings. The Morgan fingerprint density at radius 3 is 2.64 bits per heavy atom. The fraction of sp³-hybridized carbons (Fsp3) is 0.381. The van der Waals surface area contributed by atoms with Gasteiger partial charge in [0.25, 0.3) is 5.91 Å². The highest BCUT2D eigenvalue weighted by Gasteiger charge is 2.17. The minimum Gasteiger partial charge on any atom is -0.471 e. The van der Waals surface area contributed by atoms with Crippen molar-refractivity contribution in [3.05, 3.63) is 64.7 Å². The molecule has 3 aromatic rings. The van der Waals surface area contributed by atoms with Crippen molar-refractivity contribution in [1.29, 1.82) is 0 Å². The second-order valence-corrected chi connectivity index (χ2v) is 7.00. The summed E-state index contributed by atoms with van der Waals surface area (Å²) in [5, 5.41) is 11.7. The standard InChI is InChI=1S/C21H27N5O2/c1-6-25-12-18(17(5)23-25)16(4)22-21(27)19-9-10-26(24-19)13-28-20-8-7-14(2)11-15(20)3/h7-12,16H,6,13H2,1-5H3,(H,22,27). The van der Waals surface area contributed by atoms with E-state index in [1.54, 1.807) is 16.9 Å². The van der Waals surface area contributed by atoms with E-state index in [9.17, 15) is 4.79 Å². The average Bonchev–Trinajstić information content (AvgIpc) is 3.27. The maximum absolute atomic E-state index is 12.5. The van der Waals surface area contributed by atoms with Crippen LogP contribution in [0, 0.1) is 20.8 Å². The summed E-state index contributed by atoms with van der Waals surface area (Å²) in [6.45, 7) is 11.0. The van der Waals surface area contributed by atoms with Gasteiger partial charge in [-0.1, -0.05) is 17.7 Å². The normalized spacial score (nSPS) is 12.0. The van der Waals surface area contributed by atoms with Crippen molar-refractivity contribution in [1.82, 2.24) is 24.9 Å². The van der Waals surface area contributed by atoms with Crippen LogP contribution in [0.1, 0.15) is 52.8 Å². The number of carbonyl (C=O) groups excluding carboxylic acids is 1. The third-order valence-electron chi connectivity index (χ3n) is 4.68. The average molecular weight is 381 g/mol. The Kier molecular flexibility index (Phi) is 5.82. The van der Waals surface area contributed by atoms with Gasteiger partial charge in [-0.25, -0.2) is 4.68 Å². The van der Waals surface area contributed by atoms with E-state index in [2.05, 4.69) is 21.6 Å². The molecule has 7 heteroatoms. The summed E-state index contributed by atoms with van der Waals surface area (Å²) in [4.78, 5) is 12.5. The van der Waals surface area contributed by atoms with Crippen molar-refractivity contribution in [2.75, 3.05) is 0 Å². The first-order valence-corrected chi connectivity index (χ1v) is 9.45. The summed E-state index contributed by atoms with van der Waals surface area (Å²) in [5.74, 6) is 0.588. The van der Waals surface area contributed by atoms with E-state index in [0.29, 0.717) is 5.69 Å². The highest BCUT2D eigenvalue weighted by atomic mass is 16.5. The Labute approximate surface area is 165 Å². The monoisotopic (exact) mass is 381 g/mol. The molecule has 148 valence electrons. The van der Waals surface area contributed by atoms with Crippen LogP contribution < -0.4 is 10.1 Å². The first kappa shape index (κ1) is 19.7. The summed E-state index contributed by atoms with van der Waals surface area (Å²) in [7, 11) is 0. The van der Waals surface area contributed by atoms with Crippen LogP contribution in [-0.2, 0) is 13.3 Å². The van der Waals surface area contributed by atoms with Crippen LogP contribution in [0.3, 0.4) is 0 Å². The number of ether oxygens (including phenoxy) is 1. The fourth-order valence-corrected chi connectivity index (χ4v) is 3.12. The zero-order chi connectivity index (χ0) is 20.3. The summed E-state index contributed by atoms with van der Waals surface area (Å²) < 4.78 is 9.29. The number of nitrogens with one attached hydrogen (secondary N) is 1. The number of rotatable bonds is 7. The van der Waals surface area contributed by atoms with Crippen LogP contribution in [0.25, 0.3) is 0 Å². The van der Waals surface area contributed by atoms with Crippen LogP contribution in [0.2, 0.25) is 0 Å². The van der Waals surface area contributed by atoms with Gasteiger partial charge in [-0.15, -0.1) is 0 Å². The lowest BCUT2D eigenvalue weighted by Gasteiger charge is -2.12. The van der Waals surface area contributed by atoms with Crippen molar-refractivity contribution in [3.63, 3.8) is 0 Å². The molecular weight excluding hydrogens is 354 g/mol. The minimum absolute atomic E-state index is 0.149. The van der Waals surface area contributed by atoms with Gasteiger partial charge in [0, 0.05) is 24.5 Å². The quantitative estimate of drug-likeness (QED) is 0.679. The largest absolute Gasteiger partial charge is 0.471 e. The van der Waals surface area contributed by atoms with E-state index in [4.69, 9.17) is 4.74 Å². The Bertz CT molecular complexity index is 973. The second kappa shape index (κ2) is 8.29. The first-order valence-electron chi connectivity index (χ1n) is 9.45. The van der Waals surface area contributed by atoms with Gasteiger partial charge in [-0.3, -0.25) is 9.48 Å². The summed E-state index contributed by atoms with van der Waals surface area (Å²) in [5.41, 5.74) is 4.55. The Balaban J connectivity index is 1.61. The molecule has 1 aromatic carbocycles. The number of aryl methyl sites for hydroxylation is 4. The third kappa shape index (κ3) is 4.42. The van der Waals surface area contributed by atoms with Crippen molar-refractivity contribution >= 4 is 5.91 Å². The summed E-state index contributed by atoms with van der Waals surface area (Å²) in [6, 6.07) is 7.57. The van der Waals surface area contributed by atoms with E-state index in [-0.39, 0.29) is 18.7 Å². The molecule has 0 aliphatic carbocycles. The molecule has 0 spiro atoms. The number of hydrogen-bond donors (Lipinski definition) is 1. The van der Waals surface area contributed by atoms with Crippen LogP contribution in [0.5, 0.6) is 5.75 Å². The molecule has 0 saturated carbocycles. The highest BCUT2D eigenvalue weighted by molar-refractivity contribution is 5.92. The molecule has 0 bridgehead atoms. The predicted octanol–water partition coefficient (Wildman–Crippen LogP) is 3.55. The highest BCUT2D eigenvalue weighted by Crippen LogP contribution is 2.19. The molecule has 7 nitrogen and oxygen atoms in total. The second-order valence-electron chi connectivity index (χ2n) is 7.00. The molecule has 1 N–H and O–H groups in total. The number of aromatic nitrogens is 4.